The van der Waals surface area contributed by atoms with Crippen molar-refractivity contribution in [1.82, 2.24) is 10.3 Å². The number of aryl methyl sites for hydroxylation is 2. The van der Waals surface area contributed by atoms with Crippen molar-refractivity contribution in [3.05, 3.63) is 71.4 Å². The number of aromatic nitrogens is 1. The summed E-state index contributed by atoms with van der Waals surface area (Å²) >= 11 is 0. The molecule has 0 aliphatic carbocycles. The second-order valence-corrected chi connectivity index (χ2v) is 6.06. The maximum atomic E-state index is 12.2. The van der Waals surface area contributed by atoms with Crippen molar-refractivity contribution < 1.29 is 4.79 Å². The summed E-state index contributed by atoms with van der Waals surface area (Å²) in [5, 5.41) is 4.28. The van der Waals surface area contributed by atoms with Crippen molar-refractivity contribution in [2.24, 2.45) is 0 Å². The minimum Gasteiger partial charge on any atom is -0.361 e. The average molecular weight is 306 g/mol. The quantitative estimate of drug-likeness (QED) is 0.726. The predicted octanol–water partition coefficient (Wildman–Crippen LogP) is 4.29. The van der Waals surface area contributed by atoms with Crippen LogP contribution in [0.25, 0.3) is 10.9 Å². The summed E-state index contributed by atoms with van der Waals surface area (Å²) in [4.78, 5) is 15.5. The van der Waals surface area contributed by atoms with Gasteiger partial charge in [-0.15, -0.1) is 0 Å². The van der Waals surface area contributed by atoms with E-state index < -0.39 is 0 Å². The summed E-state index contributed by atoms with van der Waals surface area (Å²) in [6.45, 7) is 4.09. The summed E-state index contributed by atoms with van der Waals surface area (Å²) in [5.41, 5.74) is 4.68. The molecule has 0 saturated carbocycles. The van der Waals surface area contributed by atoms with Gasteiger partial charge in [0.1, 0.15) is 0 Å². The van der Waals surface area contributed by atoms with Crippen LogP contribution in [0.2, 0.25) is 0 Å². The van der Waals surface area contributed by atoms with Crippen LogP contribution in [-0.4, -0.2) is 10.9 Å². The second-order valence-electron chi connectivity index (χ2n) is 6.06. The van der Waals surface area contributed by atoms with Gasteiger partial charge in [-0.25, -0.2) is 0 Å². The molecule has 23 heavy (non-hydrogen) atoms. The Morgan fingerprint density at radius 2 is 1.87 bits per heavy atom. The number of hydrogen-bond acceptors (Lipinski definition) is 1. The van der Waals surface area contributed by atoms with Crippen molar-refractivity contribution in [1.29, 1.82) is 0 Å². The van der Waals surface area contributed by atoms with E-state index in [1.807, 2.05) is 25.3 Å². The Morgan fingerprint density at radius 1 is 1.13 bits per heavy atom. The van der Waals surface area contributed by atoms with Crippen molar-refractivity contribution in [2.75, 3.05) is 0 Å². The molecule has 1 unspecified atom stereocenters. The number of rotatable bonds is 5. The zero-order valence-corrected chi connectivity index (χ0v) is 13.6. The van der Waals surface area contributed by atoms with Crippen LogP contribution in [0.15, 0.2) is 54.7 Å². The monoisotopic (exact) mass is 306 g/mol. The van der Waals surface area contributed by atoms with E-state index in [2.05, 4.69) is 53.6 Å². The van der Waals surface area contributed by atoms with Crippen molar-refractivity contribution in [3.8, 4) is 0 Å². The molecule has 1 heterocycles. The molecule has 0 bridgehead atoms. The normalized spacial score (nSPS) is 12.3. The Balaban J connectivity index is 1.58. The first-order valence-electron chi connectivity index (χ1n) is 8.04. The highest BCUT2D eigenvalue weighted by atomic mass is 16.1. The van der Waals surface area contributed by atoms with Crippen LogP contribution in [-0.2, 0) is 11.2 Å². The number of carbonyl (C=O) groups excluding carboxylic acids is 1. The van der Waals surface area contributed by atoms with Crippen LogP contribution >= 0.6 is 0 Å². The van der Waals surface area contributed by atoms with Crippen molar-refractivity contribution in [3.63, 3.8) is 0 Å². The van der Waals surface area contributed by atoms with E-state index in [-0.39, 0.29) is 11.9 Å². The lowest BCUT2D eigenvalue weighted by Crippen LogP contribution is -2.26. The number of H-pyrrole nitrogens is 1. The van der Waals surface area contributed by atoms with E-state index in [0.717, 1.165) is 17.5 Å². The molecular formula is C20H22N2O. The van der Waals surface area contributed by atoms with E-state index >= 15 is 0 Å². The topological polar surface area (TPSA) is 44.9 Å². The number of benzene rings is 2. The van der Waals surface area contributed by atoms with Crippen LogP contribution in [0.5, 0.6) is 0 Å². The number of hydrogen-bond donors (Lipinski definition) is 2. The molecule has 3 heteroatoms. The Labute approximate surface area is 136 Å². The number of carbonyl (C=O) groups is 1. The Hall–Kier alpha value is -2.55. The SMILES string of the molecule is Cc1ccc(C(C)NC(=O)CCc2c[nH]c3ccccc23)cc1. The van der Waals surface area contributed by atoms with Gasteiger partial charge in [0.05, 0.1) is 6.04 Å². The summed E-state index contributed by atoms with van der Waals surface area (Å²) in [6, 6.07) is 16.5. The van der Waals surface area contributed by atoms with Crippen molar-refractivity contribution in [2.45, 2.75) is 32.7 Å². The fourth-order valence-corrected chi connectivity index (χ4v) is 2.84. The molecule has 3 nitrogen and oxygen atoms in total. The molecule has 0 aliphatic rings. The third-order valence-electron chi connectivity index (χ3n) is 4.25. The maximum absolute atomic E-state index is 12.2. The number of amides is 1. The van der Waals surface area contributed by atoms with Gasteiger partial charge in [0.15, 0.2) is 0 Å². The van der Waals surface area contributed by atoms with Crippen LogP contribution in [0.3, 0.4) is 0 Å². The minimum atomic E-state index is 0.0334. The van der Waals surface area contributed by atoms with E-state index in [4.69, 9.17) is 0 Å². The fourth-order valence-electron chi connectivity index (χ4n) is 2.84. The molecule has 3 aromatic rings. The van der Waals surface area contributed by atoms with Gasteiger partial charge in [0.2, 0.25) is 5.91 Å². The molecule has 1 amide bonds. The number of nitrogens with one attached hydrogen (secondary N) is 2. The van der Waals surface area contributed by atoms with Gasteiger partial charge >= 0.3 is 0 Å². The van der Waals surface area contributed by atoms with Crippen LogP contribution < -0.4 is 5.32 Å². The lowest BCUT2D eigenvalue weighted by molar-refractivity contribution is -0.121. The smallest absolute Gasteiger partial charge is 0.220 e. The average Bonchev–Trinajstić information content (AvgIpc) is 2.97. The molecule has 0 saturated heterocycles. The zero-order valence-electron chi connectivity index (χ0n) is 13.6. The van der Waals surface area contributed by atoms with Gasteiger partial charge in [0.25, 0.3) is 0 Å². The van der Waals surface area contributed by atoms with E-state index in [1.54, 1.807) is 0 Å². The molecule has 0 radical (unpaired) electrons. The van der Waals surface area contributed by atoms with Gasteiger partial charge < -0.3 is 10.3 Å². The van der Waals surface area contributed by atoms with Crippen LogP contribution in [0, 0.1) is 6.92 Å². The van der Waals surface area contributed by atoms with Gasteiger partial charge in [0, 0.05) is 23.5 Å². The van der Waals surface area contributed by atoms with E-state index in [0.29, 0.717) is 6.42 Å². The molecule has 0 fully saturated rings. The second kappa shape index (κ2) is 6.69. The molecule has 0 aliphatic heterocycles. The fraction of sp³-hybridized carbons (Fsp3) is 0.250. The molecule has 3 rings (SSSR count). The number of aromatic amines is 1. The van der Waals surface area contributed by atoms with E-state index in [1.165, 1.54) is 16.5 Å². The number of para-hydroxylation sites is 1. The van der Waals surface area contributed by atoms with Crippen LogP contribution in [0.4, 0.5) is 0 Å². The van der Waals surface area contributed by atoms with Gasteiger partial charge in [-0.3, -0.25) is 4.79 Å². The first-order chi connectivity index (χ1) is 11.1. The number of fused-ring (bicyclic) bond motifs is 1. The van der Waals surface area contributed by atoms with E-state index in [9.17, 15) is 4.79 Å². The molecule has 1 atom stereocenters. The summed E-state index contributed by atoms with van der Waals surface area (Å²) in [5.74, 6) is 0.0864. The molecule has 0 spiro atoms. The standard InChI is InChI=1S/C20H22N2O/c1-14-7-9-16(10-8-14)15(2)22-20(23)12-11-17-13-21-19-6-4-3-5-18(17)19/h3-10,13,15,21H,11-12H2,1-2H3,(H,22,23). The van der Waals surface area contributed by atoms with Gasteiger partial charge in [-0.2, -0.15) is 0 Å². The third-order valence-corrected chi connectivity index (χ3v) is 4.25. The minimum absolute atomic E-state index is 0.0334. The molecular weight excluding hydrogens is 284 g/mol. The molecule has 1 aromatic heterocycles. The predicted molar refractivity (Wildman–Crippen MR) is 94.4 cm³/mol. The van der Waals surface area contributed by atoms with Gasteiger partial charge in [-0.05, 0) is 37.5 Å². The van der Waals surface area contributed by atoms with Gasteiger partial charge in [-0.1, -0.05) is 48.0 Å². The Morgan fingerprint density at radius 3 is 2.65 bits per heavy atom. The largest absolute Gasteiger partial charge is 0.361 e. The highest BCUT2D eigenvalue weighted by molar-refractivity contribution is 5.84. The first-order valence-corrected chi connectivity index (χ1v) is 8.04. The first kappa shape index (κ1) is 15.3. The summed E-state index contributed by atoms with van der Waals surface area (Å²) in [6.07, 6.45) is 3.25. The van der Waals surface area contributed by atoms with Crippen molar-refractivity contribution >= 4 is 16.8 Å². The Kier molecular flexibility index (Phi) is 4.47. The van der Waals surface area contributed by atoms with Crippen LogP contribution in [0.1, 0.15) is 36.1 Å². The molecule has 2 aromatic carbocycles. The summed E-state index contributed by atoms with van der Waals surface area (Å²) < 4.78 is 0. The Bertz CT molecular complexity index is 802. The zero-order chi connectivity index (χ0) is 16.2. The highest BCUT2D eigenvalue weighted by Gasteiger charge is 2.11. The molecule has 2 N–H and O–H groups in total. The highest BCUT2D eigenvalue weighted by Crippen LogP contribution is 2.19. The lowest BCUT2D eigenvalue weighted by atomic mass is 10.1. The lowest BCUT2D eigenvalue weighted by Gasteiger charge is -2.14. The third kappa shape index (κ3) is 3.62. The molecule has 118 valence electrons. The summed E-state index contributed by atoms with van der Waals surface area (Å²) in [7, 11) is 0. The maximum Gasteiger partial charge on any atom is 0.220 e.